The molecule has 3 nitrogen and oxygen atoms in total. The Morgan fingerprint density at radius 2 is 2.47 bits per heavy atom. The third-order valence-electron chi connectivity index (χ3n) is 2.21. The molecule has 0 unspecified atom stereocenters. The summed E-state index contributed by atoms with van der Waals surface area (Å²) < 4.78 is 0. The van der Waals surface area contributed by atoms with Gasteiger partial charge in [-0.25, -0.2) is 4.98 Å². The number of hydrogen-bond donors (Lipinski definition) is 1. The Hall–Kier alpha value is -0.920. The average molecular weight is 223 g/mol. The van der Waals surface area contributed by atoms with E-state index in [9.17, 15) is 0 Å². The SMILES string of the molecule is CCc1cnc([C@@H](C)NCCCC#N)s1. The molecule has 4 heteroatoms. The second-order valence-corrected chi connectivity index (χ2v) is 4.60. The molecule has 1 aromatic heterocycles. The van der Waals surface area contributed by atoms with Crippen LogP contribution in [0, 0.1) is 11.3 Å². The predicted octanol–water partition coefficient (Wildman–Crippen LogP) is 2.66. The molecule has 0 aliphatic heterocycles. The van der Waals surface area contributed by atoms with Crippen molar-refractivity contribution in [1.29, 1.82) is 5.26 Å². The van der Waals surface area contributed by atoms with E-state index < -0.39 is 0 Å². The van der Waals surface area contributed by atoms with Crippen molar-refractivity contribution in [3.63, 3.8) is 0 Å². The lowest BCUT2D eigenvalue weighted by Gasteiger charge is -2.09. The quantitative estimate of drug-likeness (QED) is 0.754. The van der Waals surface area contributed by atoms with Crippen LogP contribution in [-0.2, 0) is 6.42 Å². The Morgan fingerprint density at radius 3 is 3.07 bits per heavy atom. The molecule has 0 fully saturated rings. The van der Waals surface area contributed by atoms with E-state index in [1.807, 2.05) is 6.20 Å². The summed E-state index contributed by atoms with van der Waals surface area (Å²) in [6, 6.07) is 2.44. The van der Waals surface area contributed by atoms with Crippen LogP contribution < -0.4 is 5.32 Å². The molecule has 1 N–H and O–H groups in total. The first-order valence-electron chi connectivity index (χ1n) is 5.32. The van der Waals surface area contributed by atoms with Gasteiger partial charge in [-0.2, -0.15) is 5.26 Å². The van der Waals surface area contributed by atoms with E-state index in [1.165, 1.54) is 4.88 Å². The first kappa shape index (κ1) is 12.2. The lowest BCUT2D eigenvalue weighted by Crippen LogP contribution is -2.19. The highest BCUT2D eigenvalue weighted by Gasteiger charge is 2.08. The number of hydrogen-bond acceptors (Lipinski definition) is 4. The topological polar surface area (TPSA) is 48.7 Å². The van der Waals surface area contributed by atoms with Crippen LogP contribution in [0.3, 0.4) is 0 Å². The maximum Gasteiger partial charge on any atom is 0.109 e. The summed E-state index contributed by atoms with van der Waals surface area (Å²) in [5, 5.41) is 12.9. The van der Waals surface area contributed by atoms with E-state index in [4.69, 9.17) is 5.26 Å². The lowest BCUT2D eigenvalue weighted by atomic mass is 10.3. The number of nitrogens with one attached hydrogen (secondary N) is 1. The zero-order valence-corrected chi connectivity index (χ0v) is 10.1. The number of aryl methyl sites for hydroxylation is 1. The number of aromatic nitrogens is 1. The van der Waals surface area contributed by atoms with Crippen LogP contribution in [0.5, 0.6) is 0 Å². The van der Waals surface area contributed by atoms with Crippen LogP contribution in [0.15, 0.2) is 6.20 Å². The minimum Gasteiger partial charge on any atom is -0.308 e. The molecule has 0 saturated heterocycles. The zero-order chi connectivity index (χ0) is 11.1. The third kappa shape index (κ3) is 3.98. The molecule has 0 bridgehead atoms. The molecule has 1 atom stereocenters. The maximum atomic E-state index is 8.40. The normalized spacial score (nSPS) is 12.3. The van der Waals surface area contributed by atoms with Crippen molar-refractivity contribution in [2.75, 3.05) is 6.54 Å². The van der Waals surface area contributed by atoms with Gasteiger partial charge in [0.05, 0.1) is 12.1 Å². The largest absolute Gasteiger partial charge is 0.308 e. The van der Waals surface area contributed by atoms with Crippen molar-refractivity contribution >= 4 is 11.3 Å². The summed E-state index contributed by atoms with van der Waals surface area (Å²) in [5.41, 5.74) is 0. The van der Waals surface area contributed by atoms with Gasteiger partial charge in [0.2, 0.25) is 0 Å². The summed E-state index contributed by atoms with van der Waals surface area (Å²) in [6.45, 7) is 5.14. The Labute approximate surface area is 95.2 Å². The van der Waals surface area contributed by atoms with Crippen molar-refractivity contribution in [2.45, 2.75) is 39.2 Å². The standard InChI is InChI=1S/C11H17N3S/c1-3-10-8-14-11(15-10)9(2)13-7-5-4-6-12/h8-9,13H,3-5,7H2,1-2H3/t9-/m1/s1. The molecule has 0 aliphatic carbocycles. The Morgan fingerprint density at radius 1 is 1.67 bits per heavy atom. The minimum atomic E-state index is 0.300. The highest BCUT2D eigenvalue weighted by molar-refractivity contribution is 7.11. The van der Waals surface area contributed by atoms with Crippen molar-refractivity contribution in [3.05, 3.63) is 16.1 Å². The van der Waals surface area contributed by atoms with Gasteiger partial charge in [-0.1, -0.05) is 6.92 Å². The van der Waals surface area contributed by atoms with Gasteiger partial charge in [0.1, 0.15) is 5.01 Å². The fraction of sp³-hybridized carbons (Fsp3) is 0.636. The van der Waals surface area contributed by atoms with Gasteiger partial charge in [-0.3, -0.25) is 0 Å². The molecular formula is C11H17N3S. The van der Waals surface area contributed by atoms with E-state index in [2.05, 4.69) is 30.2 Å². The van der Waals surface area contributed by atoms with Crippen LogP contribution in [-0.4, -0.2) is 11.5 Å². The molecule has 1 aromatic rings. The molecule has 0 aromatic carbocycles. The summed E-state index contributed by atoms with van der Waals surface area (Å²) >= 11 is 1.77. The van der Waals surface area contributed by atoms with Crippen LogP contribution >= 0.6 is 11.3 Å². The van der Waals surface area contributed by atoms with Gasteiger partial charge in [-0.15, -0.1) is 11.3 Å². The highest BCUT2D eigenvalue weighted by Crippen LogP contribution is 2.19. The van der Waals surface area contributed by atoms with E-state index >= 15 is 0 Å². The molecule has 1 rings (SSSR count). The second-order valence-electron chi connectivity index (χ2n) is 3.46. The molecule has 15 heavy (non-hydrogen) atoms. The zero-order valence-electron chi connectivity index (χ0n) is 9.29. The van der Waals surface area contributed by atoms with Crippen LogP contribution in [0.25, 0.3) is 0 Å². The number of thiazole rings is 1. The molecule has 0 amide bonds. The van der Waals surface area contributed by atoms with Crippen LogP contribution in [0.2, 0.25) is 0 Å². The molecule has 0 aliphatic rings. The van der Waals surface area contributed by atoms with Crippen molar-refractivity contribution in [3.8, 4) is 6.07 Å². The number of nitriles is 1. The van der Waals surface area contributed by atoms with E-state index in [-0.39, 0.29) is 0 Å². The van der Waals surface area contributed by atoms with Gasteiger partial charge in [0, 0.05) is 17.5 Å². The van der Waals surface area contributed by atoms with Crippen molar-refractivity contribution < 1.29 is 0 Å². The van der Waals surface area contributed by atoms with Crippen molar-refractivity contribution in [1.82, 2.24) is 10.3 Å². The van der Waals surface area contributed by atoms with Gasteiger partial charge in [-0.05, 0) is 26.3 Å². The molecular weight excluding hydrogens is 206 g/mol. The summed E-state index contributed by atoms with van der Waals surface area (Å²) in [4.78, 5) is 5.71. The van der Waals surface area contributed by atoms with Crippen LogP contribution in [0.1, 0.15) is 42.6 Å². The molecule has 82 valence electrons. The summed E-state index contributed by atoms with van der Waals surface area (Å²) in [6.07, 6.45) is 4.54. The molecule has 1 heterocycles. The fourth-order valence-corrected chi connectivity index (χ4v) is 2.14. The van der Waals surface area contributed by atoms with E-state index in [1.54, 1.807) is 11.3 Å². The highest BCUT2D eigenvalue weighted by atomic mass is 32.1. The van der Waals surface area contributed by atoms with Gasteiger partial charge in [0.25, 0.3) is 0 Å². The second kappa shape index (κ2) is 6.54. The molecule has 0 radical (unpaired) electrons. The predicted molar refractivity (Wildman–Crippen MR) is 62.8 cm³/mol. The first-order valence-corrected chi connectivity index (χ1v) is 6.14. The van der Waals surface area contributed by atoms with Crippen LogP contribution in [0.4, 0.5) is 0 Å². The van der Waals surface area contributed by atoms with Gasteiger partial charge in [0.15, 0.2) is 0 Å². The van der Waals surface area contributed by atoms with E-state index in [0.29, 0.717) is 12.5 Å². The molecule has 0 spiro atoms. The smallest absolute Gasteiger partial charge is 0.109 e. The third-order valence-corrected chi connectivity index (χ3v) is 3.53. The van der Waals surface area contributed by atoms with E-state index in [0.717, 1.165) is 24.4 Å². The monoisotopic (exact) mass is 223 g/mol. The number of nitrogens with zero attached hydrogens (tertiary/aromatic N) is 2. The first-order chi connectivity index (χ1) is 7.27. The number of rotatable bonds is 6. The maximum absolute atomic E-state index is 8.40. The number of unbranched alkanes of at least 4 members (excludes halogenated alkanes) is 1. The minimum absolute atomic E-state index is 0.300. The van der Waals surface area contributed by atoms with Gasteiger partial charge >= 0.3 is 0 Å². The Balaban J connectivity index is 2.33. The summed E-state index contributed by atoms with van der Waals surface area (Å²) in [5.74, 6) is 0. The van der Waals surface area contributed by atoms with Gasteiger partial charge < -0.3 is 5.32 Å². The van der Waals surface area contributed by atoms with Crippen molar-refractivity contribution in [2.24, 2.45) is 0 Å². The summed E-state index contributed by atoms with van der Waals surface area (Å²) in [7, 11) is 0. The Kier molecular flexibility index (Phi) is 5.30. The molecule has 0 saturated carbocycles. The Bertz CT molecular complexity index is 327. The average Bonchev–Trinajstić information content (AvgIpc) is 2.72. The fourth-order valence-electron chi connectivity index (χ4n) is 1.26. The lowest BCUT2D eigenvalue weighted by molar-refractivity contribution is 0.559.